The van der Waals surface area contributed by atoms with Gasteiger partial charge in [0.05, 0.1) is 0 Å². The van der Waals surface area contributed by atoms with Gasteiger partial charge >= 0.3 is 0 Å². The number of halogens is 3. The lowest BCUT2D eigenvalue weighted by atomic mass is 9.83. The summed E-state index contributed by atoms with van der Waals surface area (Å²) in [6, 6.07) is 13.4. The molecule has 0 radical (unpaired) electrons. The predicted octanol–water partition coefficient (Wildman–Crippen LogP) is 8.05. The summed E-state index contributed by atoms with van der Waals surface area (Å²) in [5.74, 6) is -2.29. The summed E-state index contributed by atoms with van der Waals surface area (Å²) >= 11 is 0. The van der Waals surface area contributed by atoms with Gasteiger partial charge in [-0.1, -0.05) is 56.9 Å². The lowest BCUT2D eigenvalue weighted by Crippen LogP contribution is -2.06. The molecule has 3 heteroatoms. The van der Waals surface area contributed by atoms with Crippen molar-refractivity contribution >= 4 is 0 Å². The topological polar surface area (TPSA) is 0 Å². The SMILES string of the molecule is CCCCCCCc1ccc2c(c1)CCc1cc(-c3ccc(F)c(F)c3)c(F)cc1-2. The number of aryl methyl sites for hydroxylation is 3. The molecule has 3 aromatic carbocycles. The van der Waals surface area contributed by atoms with Crippen LogP contribution in [-0.2, 0) is 19.3 Å². The van der Waals surface area contributed by atoms with Crippen molar-refractivity contribution in [2.45, 2.75) is 58.3 Å². The average Bonchev–Trinajstić information content (AvgIpc) is 2.75. The fourth-order valence-corrected chi connectivity index (χ4v) is 4.43. The second kappa shape index (κ2) is 9.07. The molecular weight excluding hydrogens is 381 g/mol. The third kappa shape index (κ3) is 4.30. The Hall–Kier alpha value is -2.55. The van der Waals surface area contributed by atoms with E-state index in [-0.39, 0.29) is 0 Å². The van der Waals surface area contributed by atoms with Crippen molar-refractivity contribution in [2.75, 3.05) is 0 Å². The van der Waals surface area contributed by atoms with Crippen LogP contribution in [0.5, 0.6) is 0 Å². The van der Waals surface area contributed by atoms with E-state index in [1.807, 2.05) is 0 Å². The number of benzene rings is 3. The van der Waals surface area contributed by atoms with E-state index in [0.29, 0.717) is 11.1 Å². The van der Waals surface area contributed by atoms with Crippen molar-refractivity contribution < 1.29 is 13.2 Å². The molecule has 0 saturated heterocycles. The Morgan fingerprint density at radius 1 is 0.633 bits per heavy atom. The Labute approximate surface area is 176 Å². The van der Waals surface area contributed by atoms with Gasteiger partial charge in [0.25, 0.3) is 0 Å². The molecule has 0 aliphatic heterocycles. The predicted molar refractivity (Wildman–Crippen MR) is 117 cm³/mol. The molecule has 1 aliphatic rings. The van der Waals surface area contributed by atoms with E-state index in [1.165, 1.54) is 49.3 Å². The fraction of sp³-hybridized carbons (Fsp3) is 0.333. The van der Waals surface area contributed by atoms with Crippen LogP contribution < -0.4 is 0 Å². The lowest BCUT2D eigenvalue weighted by Gasteiger charge is -2.22. The molecule has 0 atom stereocenters. The first kappa shape index (κ1) is 20.7. The fourth-order valence-electron chi connectivity index (χ4n) is 4.43. The Kier molecular flexibility index (Phi) is 6.26. The van der Waals surface area contributed by atoms with Crippen LogP contribution in [0.4, 0.5) is 13.2 Å². The Morgan fingerprint density at radius 3 is 2.17 bits per heavy atom. The summed E-state index contributed by atoms with van der Waals surface area (Å²) in [4.78, 5) is 0. The summed E-state index contributed by atoms with van der Waals surface area (Å²) in [5.41, 5.74) is 6.35. The Bertz CT molecular complexity index is 1050. The third-order valence-corrected chi connectivity index (χ3v) is 6.12. The van der Waals surface area contributed by atoms with Crippen LogP contribution >= 0.6 is 0 Å². The lowest BCUT2D eigenvalue weighted by molar-refractivity contribution is 0.509. The van der Waals surface area contributed by atoms with Gasteiger partial charge in [0, 0.05) is 5.56 Å². The van der Waals surface area contributed by atoms with Crippen molar-refractivity contribution in [2.24, 2.45) is 0 Å². The molecule has 0 bridgehead atoms. The molecule has 0 spiro atoms. The molecule has 4 rings (SSSR count). The highest BCUT2D eigenvalue weighted by molar-refractivity contribution is 5.78. The van der Waals surface area contributed by atoms with Crippen molar-refractivity contribution in [3.63, 3.8) is 0 Å². The quantitative estimate of drug-likeness (QED) is 0.347. The maximum atomic E-state index is 14.9. The van der Waals surface area contributed by atoms with E-state index in [4.69, 9.17) is 0 Å². The number of rotatable bonds is 7. The van der Waals surface area contributed by atoms with Gasteiger partial charge in [0.15, 0.2) is 11.6 Å². The molecule has 0 N–H and O–H groups in total. The molecule has 1 aliphatic carbocycles. The van der Waals surface area contributed by atoms with E-state index in [0.717, 1.165) is 48.1 Å². The highest BCUT2D eigenvalue weighted by Gasteiger charge is 2.20. The van der Waals surface area contributed by atoms with Gasteiger partial charge in [-0.3, -0.25) is 0 Å². The molecule has 0 fully saturated rings. The first-order valence-electron chi connectivity index (χ1n) is 11.0. The Balaban J connectivity index is 1.58. The largest absolute Gasteiger partial charge is 0.206 e. The number of fused-ring (bicyclic) bond motifs is 3. The molecule has 0 aromatic heterocycles. The molecule has 3 aromatic rings. The number of hydrogen-bond acceptors (Lipinski definition) is 0. The zero-order valence-electron chi connectivity index (χ0n) is 17.4. The molecule has 30 heavy (non-hydrogen) atoms. The first-order valence-corrected chi connectivity index (χ1v) is 11.0. The van der Waals surface area contributed by atoms with Crippen LogP contribution in [0.2, 0.25) is 0 Å². The van der Waals surface area contributed by atoms with Crippen molar-refractivity contribution in [3.05, 3.63) is 82.7 Å². The molecular formula is C27H27F3. The van der Waals surface area contributed by atoms with Gasteiger partial charge in [-0.15, -0.1) is 0 Å². The zero-order valence-corrected chi connectivity index (χ0v) is 17.4. The van der Waals surface area contributed by atoms with E-state index >= 15 is 0 Å². The van der Waals surface area contributed by atoms with Gasteiger partial charge in [0.1, 0.15) is 5.82 Å². The summed E-state index contributed by atoms with van der Waals surface area (Å²) in [6.07, 6.45) is 9.16. The minimum Gasteiger partial charge on any atom is -0.206 e. The minimum atomic E-state index is -0.961. The van der Waals surface area contributed by atoms with Crippen molar-refractivity contribution in [1.29, 1.82) is 0 Å². The number of unbranched alkanes of at least 4 members (excludes halogenated alkanes) is 4. The minimum absolute atomic E-state index is 0.319. The van der Waals surface area contributed by atoms with Crippen LogP contribution in [0.3, 0.4) is 0 Å². The van der Waals surface area contributed by atoms with Gasteiger partial charge in [-0.2, -0.15) is 0 Å². The van der Waals surface area contributed by atoms with Crippen molar-refractivity contribution in [1.82, 2.24) is 0 Å². The number of hydrogen-bond donors (Lipinski definition) is 0. The van der Waals surface area contributed by atoms with Crippen LogP contribution in [0, 0.1) is 17.5 Å². The smallest absolute Gasteiger partial charge is 0.159 e. The standard InChI is InChI=1S/C27H27F3/c1-2-3-4-5-6-7-18-8-12-22-19(14-18)9-10-20-15-24(26(29)17-23(20)22)21-11-13-25(28)27(30)16-21/h8,11-17H,2-7,9-10H2,1H3. The van der Waals surface area contributed by atoms with Gasteiger partial charge in [0.2, 0.25) is 0 Å². The van der Waals surface area contributed by atoms with Crippen molar-refractivity contribution in [3.8, 4) is 22.3 Å². The maximum Gasteiger partial charge on any atom is 0.159 e. The average molecular weight is 409 g/mol. The molecule has 0 amide bonds. The summed E-state index contributed by atoms with van der Waals surface area (Å²) < 4.78 is 41.8. The molecule has 156 valence electrons. The van der Waals surface area contributed by atoms with Gasteiger partial charge in [-0.25, -0.2) is 13.2 Å². The second-order valence-corrected chi connectivity index (χ2v) is 8.27. The van der Waals surface area contributed by atoms with Crippen LogP contribution in [-0.4, -0.2) is 0 Å². The van der Waals surface area contributed by atoms with Gasteiger partial charge in [-0.05, 0) is 83.3 Å². The summed E-state index contributed by atoms with van der Waals surface area (Å²) in [6.45, 7) is 2.23. The monoisotopic (exact) mass is 408 g/mol. The van der Waals surface area contributed by atoms with Crippen LogP contribution in [0.25, 0.3) is 22.3 Å². The summed E-state index contributed by atoms with van der Waals surface area (Å²) in [7, 11) is 0. The first-order chi connectivity index (χ1) is 14.6. The van der Waals surface area contributed by atoms with E-state index in [9.17, 15) is 13.2 Å². The van der Waals surface area contributed by atoms with E-state index in [1.54, 1.807) is 12.1 Å². The summed E-state index contributed by atoms with van der Waals surface area (Å²) in [5, 5.41) is 0. The second-order valence-electron chi connectivity index (χ2n) is 8.27. The highest BCUT2D eigenvalue weighted by atomic mass is 19.2. The van der Waals surface area contributed by atoms with E-state index < -0.39 is 17.5 Å². The maximum absolute atomic E-state index is 14.9. The molecule has 0 saturated carbocycles. The Morgan fingerprint density at radius 2 is 1.40 bits per heavy atom. The molecule has 0 heterocycles. The van der Waals surface area contributed by atoms with Crippen LogP contribution in [0.1, 0.15) is 55.7 Å². The van der Waals surface area contributed by atoms with E-state index in [2.05, 4.69) is 25.1 Å². The third-order valence-electron chi connectivity index (χ3n) is 6.12. The zero-order chi connectivity index (χ0) is 21.1. The molecule has 0 unspecified atom stereocenters. The molecule has 0 nitrogen and oxygen atoms in total. The normalized spacial score (nSPS) is 12.5. The highest BCUT2D eigenvalue weighted by Crippen LogP contribution is 2.38. The van der Waals surface area contributed by atoms with Crippen LogP contribution in [0.15, 0.2) is 48.5 Å². The van der Waals surface area contributed by atoms with Gasteiger partial charge < -0.3 is 0 Å².